The molecule has 7 nitrogen and oxygen atoms in total. The first-order valence-corrected chi connectivity index (χ1v) is 13.7. The number of amides is 1. The molecule has 1 amide bonds. The van der Waals surface area contributed by atoms with E-state index in [1.54, 1.807) is 19.1 Å². The summed E-state index contributed by atoms with van der Waals surface area (Å²) in [6, 6.07) is 11.1. The van der Waals surface area contributed by atoms with Crippen LogP contribution in [0, 0.1) is 0 Å². The Bertz CT molecular complexity index is 1130. The highest BCUT2D eigenvalue weighted by molar-refractivity contribution is 7.92. The molecule has 1 N–H and O–H groups in total. The molecule has 9 heteroatoms. The van der Waals surface area contributed by atoms with Gasteiger partial charge in [-0.1, -0.05) is 50.6 Å². The zero-order valence-electron chi connectivity index (χ0n) is 20.3. The summed E-state index contributed by atoms with van der Waals surface area (Å²) in [6.07, 6.45) is 3.50. The van der Waals surface area contributed by atoms with Crippen LogP contribution in [0.3, 0.4) is 0 Å². The summed E-state index contributed by atoms with van der Waals surface area (Å²) in [5.41, 5.74) is 0.707. The number of nitrogens with zero attached hydrogens (tertiary/aromatic N) is 1. The maximum Gasteiger partial charge on any atom is 0.244 e. The molecule has 0 spiro atoms. The second-order valence-corrected chi connectivity index (χ2v) is 10.9. The maximum absolute atomic E-state index is 13.7. The van der Waals surface area contributed by atoms with Gasteiger partial charge in [-0.15, -0.1) is 0 Å². The van der Waals surface area contributed by atoms with E-state index in [0.717, 1.165) is 34.7 Å². The van der Waals surface area contributed by atoms with Crippen LogP contribution in [0.15, 0.2) is 42.5 Å². The van der Waals surface area contributed by atoms with Crippen molar-refractivity contribution in [1.29, 1.82) is 0 Å². The van der Waals surface area contributed by atoms with Gasteiger partial charge in [-0.25, -0.2) is 8.42 Å². The van der Waals surface area contributed by atoms with E-state index >= 15 is 0 Å². The SMILES string of the molecule is CC[C@@H](C(=O)N[C@H]1CC(CC)(CC)Oc2ccccc21)N(c1cc(Cl)ccc1OC)S(C)(=O)=O. The Hall–Kier alpha value is -2.45. The van der Waals surface area contributed by atoms with Crippen molar-refractivity contribution in [2.45, 2.75) is 64.1 Å². The summed E-state index contributed by atoms with van der Waals surface area (Å²) in [6.45, 7) is 5.92. The number of hydrogen-bond acceptors (Lipinski definition) is 5. The van der Waals surface area contributed by atoms with Crippen molar-refractivity contribution in [1.82, 2.24) is 5.32 Å². The van der Waals surface area contributed by atoms with Crippen molar-refractivity contribution in [2.24, 2.45) is 0 Å². The van der Waals surface area contributed by atoms with Crippen LogP contribution in [0.1, 0.15) is 58.1 Å². The van der Waals surface area contributed by atoms with Gasteiger partial charge in [-0.2, -0.15) is 0 Å². The summed E-state index contributed by atoms with van der Waals surface area (Å²) in [7, 11) is -2.40. The van der Waals surface area contributed by atoms with Gasteiger partial charge in [0.2, 0.25) is 15.9 Å². The topological polar surface area (TPSA) is 84.9 Å². The predicted molar refractivity (Wildman–Crippen MR) is 135 cm³/mol. The Labute approximate surface area is 207 Å². The minimum absolute atomic E-state index is 0.225. The molecule has 0 bridgehead atoms. The van der Waals surface area contributed by atoms with E-state index in [1.165, 1.54) is 13.2 Å². The van der Waals surface area contributed by atoms with Crippen LogP contribution in [0.4, 0.5) is 5.69 Å². The first-order chi connectivity index (χ1) is 16.1. The molecule has 0 fully saturated rings. The lowest BCUT2D eigenvalue weighted by atomic mass is 9.83. The van der Waals surface area contributed by atoms with E-state index in [4.69, 9.17) is 21.1 Å². The number of para-hydroxylation sites is 1. The minimum Gasteiger partial charge on any atom is -0.495 e. The van der Waals surface area contributed by atoms with E-state index in [9.17, 15) is 13.2 Å². The normalized spacial score (nSPS) is 17.8. The monoisotopic (exact) mass is 508 g/mol. The van der Waals surface area contributed by atoms with Gasteiger partial charge in [0.05, 0.1) is 25.1 Å². The average molecular weight is 509 g/mol. The molecule has 0 aliphatic carbocycles. The summed E-state index contributed by atoms with van der Waals surface area (Å²) >= 11 is 6.18. The quantitative estimate of drug-likeness (QED) is 0.510. The van der Waals surface area contributed by atoms with Crippen LogP contribution in [0.2, 0.25) is 5.02 Å². The lowest BCUT2D eigenvalue weighted by molar-refractivity contribution is -0.123. The molecule has 186 valence electrons. The number of ether oxygens (including phenoxy) is 2. The third kappa shape index (κ3) is 5.28. The zero-order chi connectivity index (χ0) is 25.1. The molecule has 1 heterocycles. The van der Waals surface area contributed by atoms with E-state index in [0.29, 0.717) is 17.2 Å². The summed E-state index contributed by atoms with van der Waals surface area (Å²) in [5.74, 6) is 0.665. The number of anilines is 1. The number of sulfonamides is 1. The van der Waals surface area contributed by atoms with Crippen LogP contribution >= 0.6 is 11.6 Å². The summed E-state index contributed by atoms with van der Waals surface area (Å²) < 4.78 is 38.7. The molecular formula is C25H33ClN2O5S. The molecule has 0 unspecified atom stereocenters. The second-order valence-electron chi connectivity index (χ2n) is 8.59. The minimum atomic E-state index is -3.85. The largest absolute Gasteiger partial charge is 0.495 e. The fraction of sp³-hybridized carbons (Fsp3) is 0.480. The van der Waals surface area contributed by atoms with Gasteiger partial charge in [0.15, 0.2) is 0 Å². The molecular weight excluding hydrogens is 476 g/mol. The van der Waals surface area contributed by atoms with Crippen LogP contribution in [0.5, 0.6) is 11.5 Å². The van der Waals surface area contributed by atoms with Crippen molar-refractivity contribution < 1.29 is 22.7 Å². The van der Waals surface area contributed by atoms with Crippen molar-refractivity contribution >= 4 is 33.2 Å². The average Bonchev–Trinajstić information content (AvgIpc) is 2.81. The van der Waals surface area contributed by atoms with Gasteiger partial charge in [-0.3, -0.25) is 9.10 Å². The lowest BCUT2D eigenvalue weighted by Crippen LogP contribution is -2.52. The molecule has 2 aromatic rings. The Morgan fingerprint density at radius 1 is 1.24 bits per heavy atom. The van der Waals surface area contributed by atoms with Crippen molar-refractivity contribution in [3.63, 3.8) is 0 Å². The first kappa shape index (κ1) is 26.2. The highest BCUT2D eigenvalue weighted by atomic mass is 35.5. The number of carbonyl (C=O) groups is 1. The van der Waals surface area contributed by atoms with Crippen LogP contribution in [-0.4, -0.2) is 39.3 Å². The molecule has 0 saturated heterocycles. The number of halogens is 1. The van der Waals surface area contributed by atoms with Gasteiger partial charge >= 0.3 is 0 Å². The molecule has 0 radical (unpaired) electrons. The van der Waals surface area contributed by atoms with Crippen molar-refractivity contribution in [3.05, 3.63) is 53.1 Å². The summed E-state index contributed by atoms with van der Waals surface area (Å²) in [5, 5.41) is 3.47. The van der Waals surface area contributed by atoms with E-state index in [2.05, 4.69) is 19.2 Å². The van der Waals surface area contributed by atoms with Gasteiger partial charge in [0, 0.05) is 17.0 Å². The molecule has 1 aliphatic rings. The van der Waals surface area contributed by atoms with Crippen LogP contribution in [0.25, 0.3) is 0 Å². The second kappa shape index (κ2) is 10.4. The molecule has 2 atom stereocenters. The molecule has 34 heavy (non-hydrogen) atoms. The Balaban J connectivity index is 2.01. The number of benzene rings is 2. The Morgan fingerprint density at radius 2 is 1.91 bits per heavy atom. The number of carbonyl (C=O) groups excluding carboxylic acids is 1. The Morgan fingerprint density at radius 3 is 2.50 bits per heavy atom. The van der Waals surface area contributed by atoms with Gasteiger partial charge in [0.25, 0.3) is 0 Å². The smallest absolute Gasteiger partial charge is 0.244 e. The first-order valence-electron chi connectivity index (χ1n) is 11.5. The maximum atomic E-state index is 13.7. The van der Waals surface area contributed by atoms with Crippen LogP contribution < -0.4 is 19.1 Å². The molecule has 0 aromatic heterocycles. The highest BCUT2D eigenvalue weighted by Crippen LogP contribution is 2.43. The Kier molecular flexibility index (Phi) is 8.03. The van der Waals surface area contributed by atoms with E-state index in [1.807, 2.05) is 24.3 Å². The summed E-state index contributed by atoms with van der Waals surface area (Å²) in [4.78, 5) is 13.7. The number of hydrogen-bond donors (Lipinski definition) is 1. The molecule has 1 aliphatic heterocycles. The van der Waals surface area contributed by atoms with Gasteiger partial charge < -0.3 is 14.8 Å². The number of nitrogens with one attached hydrogen (secondary N) is 1. The number of methoxy groups -OCH3 is 1. The molecule has 3 rings (SSSR count). The lowest BCUT2D eigenvalue weighted by Gasteiger charge is -2.42. The standard InChI is InChI=1S/C25H33ClN2O5S/c1-6-20(28(34(5,30)31)21-15-17(26)13-14-23(21)32-4)24(29)27-19-16-25(7-2,8-3)33-22-12-10-9-11-18(19)22/h9-15,19-20H,6-8,16H2,1-5H3,(H,27,29)/t19-,20-/m0/s1. The third-order valence-electron chi connectivity index (χ3n) is 6.51. The number of fused-ring (bicyclic) bond motifs is 1. The van der Waals surface area contributed by atoms with Crippen molar-refractivity contribution in [3.8, 4) is 11.5 Å². The predicted octanol–water partition coefficient (Wildman–Crippen LogP) is 5.09. The van der Waals surface area contributed by atoms with E-state index < -0.39 is 27.6 Å². The van der Waals surface area contributed by atoms with Gasteiger partial charge in [0.1, 0.15) is 23.1 Å². The molecule has 2 aromatic carbocycles. The van der Waals surface area contributed by atoms with Gasteiger partial charge in [-0.05, 0) is 43.5 Å². The fourth-order valence-corrected chi connectivity index (χ4v) is 5.94. The third-order valence-corrected chi connectivity index (χ3v) is 7.91. The van der Waals surface area contributed by atoms with Crippen molar-refractivity contribution in [2.75, 3.05) is 17.7 Å². The molecule has 0 saturated carbocycles. The fourth-order valence-electron chi connectivity index (χ4n) is 4.57. The van der Waals surface area contributed by atoms with Crippen LogP contribution in [-0.2, 0) is 14.8 Å². The highest BCUT2D eigenvalue weighted by Gasteiger charge is 2.41. The number of rotatable bonds is 9. The zero-order valence-corrected chi connectivity index (χ0v) is 21.9. The van der Waals surface area contributed by atoms with E-state index in [-0.39, 0.29) is 18.2 Å².